The third kappa shape index (κ3) is 2.36. The Morgan fingerprint density at radius 3 is 3.15 bits per heavy atom. The predicted molar refractivity (Wildman–Crippen MR) is 72.8 cm³/mol. The molecule has 1 N–H and O–H groups in total. The zero-order chi connectivity index (χ0) is 14.1. The third-order valence-electron chi connectivity index (χ3n) is 3.77. The first-order chi connectivity index (χ1) is 9.65. The number of pyridine rings is 1. The number of likely N-dealkylation sites (tertiary alicyclic amines) is 1. The lowest BCUT2D eigenvalue weighted by molar-refractivity contribution is -0.142. The molecule has 1 aromatic carbocycles. The Kier molecular flexibility index (Phi) is 3.36. The maximum Gasteiger partial charge on any atom is 0.320 e. The van der Waals surface area contributed by atoms with Gasteiger partial charge in [-0.3, -0.25) is 14.7 Å². The van der Waals surface area contributed by atoms with E-state index in [4.69, 9.17) is 0 Å². The second-order valence-corrected chi connectivity index (χ2v) is 5.11. The second-order valence-electron chi connectivity index (χ2n) is 5.11. The van der Waals surface area contributed by atoms with Gasteiger partial charge in [-0.1, -0.05) is 6.07 Å². The van der Waals surface area contributed by atoms with Crippen LogP contribution in [0.4, 0.5) is 4.39 Å². The van der Waals surface area contributed by atoms with E-state index in [1.165, 1.54) is 12.1 Å². The van der Waals surface area contributed by atoms with E-state index in [9.17, 15) is 14.3 Å². The highest BCUT2D eigenvalue weighted by Crippen LogP contribution is 2.24. The standard InChI is InChI=1S/C15H15FN2O2/c16-12-7-10-3-1-5-17-14(10)11(8-12)9-18-6-2-4-13(18)15(19)20/h1,3,5,7-8,13H,2,4,6,9H2,(H,19,20). The van der Waals surface area contributed by atoms with Crippen molar-refractivity contribution in [2.75, 3.05) is 6.54 Å². The van der Waals surface area contributed by atoms with Crippen molar-refractivity contribution in [1.82, 2.24) is 9.88 Å². The molecule has 0 bridgehead atoms. The van der Waals surface area contributed by atoms with Gasteiger partial charge in [0.2, 0.25) is 0 Å². The fourth-order valence-corrected chi connectivity index (χ4v) is 2.86. The molecule has 104 valence electrons. The summed E-state index contributed by atoms with van der Waals surface area (Å²) in [5, 5.41) is 9.94. The Bertz CT molecular complexity index is 659. The summed E-state index contributed by atoms with van der Waals surface area (Å²) in [6.45, 7) is 1.14. The van der Waals surface area contributed by atoms with Crippen molar-refractivity contribution in [2.24, 2.45) is 0 Å². The highest BCUT2D eigenvalue weighted by atomic mass is 19.1. The van der Waals surface area contributed by atoms with Crippen LogP contribution in [-0.2, 0) is 11.3 Å². The van der Waals surface area contributed by atoms with Crippen molar-refractivity contribution >= 4 is 16.9 Å². The number of hydrogen-bond donors (Lipinski definition) is 1. The quantitative estimate of drug-likeness (QED) is 0.934. The smallest absolute Gasteiger partial charge is 0.320 e. The normalized spacial score (nSPS) is 19.6. The molecule has 2 heterocycles. The van der Waals surface area contributed by atoms with Crippen LogP contribution in [0.25, 0.3) is 10.9 Å². The van der Waals surface area contributed by atoms with Gasteiger partial charge < -0.3 is 5.11 Å². The summed E-state index contributed by atoms with van der Waals surface area (Å²) in [4.78, 5) is 17.4. The summed E-state index contributed by atoms with van der Waals surface area (Å²) in [5.41, 5.74) is 1.48. The topological polar surface area (TPSA) is 53.4 Å². The van der Waals surface area contributed by atoms with Crippen LogP contribution in [0.3, 0.4) is 0 Å². The van der Waals surface area contributed by atoms with Gasteiger partial charge in [0.05, 0.1) is 5.52 Å². The van der Waals surface area contributed by atoms with E-state index in [1.54, 1.807) is 12.3 Å². The maximum atomic E-state index is 13.7. The number of rotatable bonds is 3. The lowest BCUT2D eigenvalue weighted by atomic mass is 10.1. The molecule has 1 atom stereocenters. The zero-order valence-electron chi connectivity index (χ0n) is 10.9. The van der Waals surface area contributed by atoms with Gasteiger partial charge in [0.1, 0.15) is 11.9 Å². The zero-order valence-corrected chi connectivity index (χ0v) is 10.9. The number of hydrogen-bond acceptors (Lipinski definition) is 3. The number of halogens is 1. The molecule has 1 unspecified atom stereocenters. The minimum Gasteiger partial charge on any atom is -0.480 e. The second kappa shape index (κ2) is 5.17. The first kappa shape index (κ1) is 13.0. The van der Waals surface area contributed by atoms with E-state index in [1.807, 2.05) is 11.0 Å². The monoisotopic (exact) mass is 274 g/mol. The highest BCUT2D eigenvalue weighted by molar-refractivity contribution is 5.81. The van der Waals surface area contributed by atoms with Gasteiger partial charge in [-0.25, -0.2) is 4.39 Å². The van der Waals surface area contributed by atoms with E-state index in [0.29, 0.717) is 13.0 Å². The average molecular weight is 274 g/mol. The molecule has 1 saturated heterocycles. The van der Waals surface area contributed by atoms with Gasteiger partial charge in [0.25, 0.3) is 0 Å². The van der Waals surface area contributed by atoms with Crippen LogP contribution in [0, 0.1) is 5.82 Å². The Balaban J connectivity index is 1.96. The lowest BCUT2D eigenvalue weighted by Gasteiger charge is -2.21. The molecule has 0 radical (unpaired) electrons. The number of benzene rings is 1. The van der Waals surface area contributed by atoms with Gasteiger partial charge in [-0.15, -0.1) is 0 Å². The maximum absolute atomic E-state index is 13.7. The molecule has 3 rings (SSSR count). The number of carboxylic acid groups (broad SMARTS) is 1. The fraction of sp³-hybridized carbons (Fsp3) is 0.333. The van der Waals surface area contributed by atoms with Gasteiger partial charge in [-0.05, 0) is 43.1 Å². The number of aliphatic carboxylic acids is 1. The molecule has 2 aromatic rings. The Morgan fingerprint density at radius 2 is 2.35 bits per heavy atom. The Hall–Kier alpha value is -2.01. The minimum absolute atomic E-state index is 0.313. The van der Waals surface area contributed by atoms with Crippen molar-refractivity contribution in [2.45, 2.75) is 25.4 Å². The molecule has 0 saturated carbocycles. The van der Waals surface area contributed by atoms with Crippen LogP contribution in [0.1, 0.15) is 18.4 Å². The number of fused-ring (bicyclic) bond motifs is 1. The predicted octanol–water partition coefficient (Wildman–Crippen LogP) is 2.42. The summed E-state index contributed by atoms with van der Waals surface area (Å²) in [7, 11) is 0. The Labute approximate surface area is 115 Å². The SMILES string of the molecule is O=C(O)C1CCCN1Cc1cc(F)cc2cccnc12. The van der Waals surface area contributed by atoms with Crippen molar-refractivity contribution in [1.29, 1.82) is 0 Å². The van der Waals surface area contributed by atoms with Crippen molar-refractivity contribution in [3.63, 3.8) is 0 Å². The molecule has 0 spiro atoms. The average Bonchev–Trinajstić information content (AvgIpc) is 2.87. The van der Waals surface area contributed by atoms with Gasteiger partial charge in [0, 0.05) is 18.1 Å². The molecule has 1 aliphatic rings. The first-order valence-electron chi connectivity index (χ1n) is 6.65. The van der Waals surface area contributed by atoms with Crippen LogP contribution in [0.5, 0.6) is 0 Å². The van der Waals surface area contributed by atoms with E-state index in [-0.39, 0.29) is 5.82 Å². The van der Waals surface area contributed by atoms with Crippen LogP contribution in [-0.4, -0.2) is 33.5 Å². The van der Waals surface area contributed by atoms with Gasteiger partial charge >= 0.3 is 5.97 Å². The lowest BCUT2D eigenvalue weighted by Crippen LogP contribution is -2.35. The highest BCUT2D eigenvalue weighted by Gasteiger charge is 2.30. The van der Waals surface area contributed by atoms with E-state index < -0.39 is 12.0 Å². The summed E-state index contributed by atoms with van der Waals surface area (Å²) in [6, 6.07) is 6.00. The number of carbonyl (C=O) groups is 1. The van der Waals surface area contributed by atoms with Crippen LogP contribution >= 0.6 is 0 Å². The third-order valence-corrected chi connectivity index (χ3v) is 3.77. The van der Waals surface area contributed by atoms with Gasteiger partial charge in [-0.2, -0.15) is 0 Å². The molecule has 1 aromatic heterocycles. The number of nitrogens with zero attached hydrogens (tertiary/aromatic N) is 2. The summed E-state index contributed by atoms with van der Waals surface area (Å²) in [6.07, 6.45) is 3.18. The van der Waals surface area contributed by atoms with Crippen molar-refractivity contribution in [3.8, 4) is 0 Å². The Morgan fingerprint density at radius 1 is 1.50 bits per heavy atom. The van der Waals surface area contributed by atoms with Crippen LogP contribution in [0.15, 0.2) is 30.5 Å². The first-order valence-corrected chi connectivity index (χ1v) is 6.65. The molecule has 20 heavy (non-hydrogen) atoms. The van der Waals surface area contributed by atoms with Crippen molar-refractivity contribution < 1.29 is 14.3 Å². The number of aromatic nitrogens is 1. The minimum atomic E-state index is -0.809. The summed E-state index contributed by atoms with van der Waals surface area (Å²) < 4.78 is 13.7. The van der Waals surface area contributed by atoms with Crippen LogP contribution < -0.4 is 0 Å². The van der Waals surface area contributed by atoms with E-state index >= 15 is 0 Å². The summed E-state index contributed by atoms with van der Waals surface area (Å²) in [5.74, 6) is -1.12. The largest absolute Gasteiger partial charge is 0.480 e. The molecule has 0 amide bonds. The van der Waals surface area contributed by atoms with Crippen molar-refractivity contribution in [3.05, 3.63) is 41.8 Å². The molecule has 4 nitrogen and oxygen atoms in total. The number of carboxylic acids is 1. The molecule has 1 aliphatic heterocycles. The van der Waals surface area contributed by atoms with Gasteiger partial charge in [0.15, 0.2) is 0 Å². The fourth-order valence-electron chi connectivity index (χ4n) is 2.86. The molecule has 1 fully saturated rings. The molecular formula is C15H15FN2O2. The van der Waals surface area contributed by atoms with Crippen LogP contribution in [0.2, 0.25) is 0 Å². The van der Waals surface area contributed by atoms with E-state index in [0.717, 1.165) is 29.4 Å². The molecule has 5 heteroatoms. The molecular weight excluding hydrogens is 259 g/mol. The summed E-state index contributed by atoms with van der Waals surface area (Å²) >= 11 is 0. The van der Waals surface area contributed by atoms with E-state index in [2.05, 4.69) is 4.98 Å². The molecule has 0 aliphatic carbocycles.